The summed E-state index contributed by atoms with van der Waals surface area (Å²) in [6.07, 6.45) is 1.55. The Labute approximate surface area is 162 Å². The third-order valence-electron chi connectivity index (χ3n) is 5.46. The molecule has 2 heterocycles. The lowest BCUT2D eigenvalue weighted by molar-refractivity contribution is -0.116. The molecule has 2 amide bonds. The molecule has 2 aliphatic heterocycles. The van der Waals surface area contributed by atoms with Gasteiger partial charge in [-0.1, -0.05) is 13.8 Å². The van der Waals surface area contributed by atoms with Gasteiger partial charge in [0.15, 0.2) is 0 Å². The van der Waals surface area contributed by atoms with Crippen LogP contribution in [0.3, 0.4) is 0 Å². The smallest absolute Gasteiger partial charge is 0.253 e. The molecule has 2 fully saturated rings. The van der Waals surface area contributed by atoms with E-state index >= 15 is 0 Å². The molecule has 2 saturated heterocycles. The largest absolute Gasteiger partial charge is 0.337 e. The Morgan fingerprint density at radius 2 is 1.96 bits per heavy atom. The number of benzene rings is 1. The molecular formula is C21H32N4O2. The molecule has 1 aromatic carbocycles. The predicted octanol–water partition coefficient (Wildman–Crippen LogP) is 2.10. The highest BCUT2D eigenvalue weighted by molar-refractivity contribution is 5.96. The first-order valence-corrected chi connectivity index (χ1v) is 10.1. The first kappa shape index (κ1) is 19.8. The molecule has 0 bridgehead atoms. The summed E-state index contributed by atoms with van der Waals surface area (Å²) in [5, 5.41) is 6.33. The molecule has 0 spiro atoms. The van der Waals surface area contributed by atoms with Gasteiger partial charge in [0.2, 0.25) is 5.91 Å². The van der Waals surface area contributed by atoms with Gasteiger partial charge in [0.25, 0.3) is 5.91 Å². The number of likely N-dealkylation sites (tertiary alicyclic amines) is 1. The van der Waals surface area contributed by atoms with Crippen molar-refractivity contribution in [1.82, 2.24) is 15.1 Å². The van der Waals surface area contributed by atoms with Crippen LogP contribution >= 0.6 is 0 Å². The highest BCUT2D eigenvalue weighted by Crippen LogP contribution is 2.22. The van der Waals surface area contributed by atoms with Crippen molar-refractivity contribution in [2.75, 3.05) is 44.6 Å². The molecule has 1 unspecified atom stereocenters. The Hall–Kier alpha value is -1.92. The van der Waals surface area contributed by atoms with E-state index in [1.165, 1.54) is 0 Å². The Balaban J connectivity index is 1.60. The fraction of sp³-hybridized carbons (Fsp3) is 0.619. The lowest BCUT2D eigenvalue weighted by Gasteiger charge is -2.32. The quantitative estimate of drug-likeness (QED) is 0.831. The van der Waals surface area contributed by atoms with E-state index in [1.54, 1.807) is 0 Å². The van der Waals surface area contributed by atoms with Crippen molar-refractivity contribution < 1.29 is 9.59 Å². The van der Waals surface area contributed by atoms with Gasteiger partial charge in [0.05, 0.1) is 0 Å². The number of anilines is 1. The fourth-order valence-electron chi connectivity index (χ4n) is 3.96. The molecule has 0 saturated carbocycles. The average Bonchev–Trinajstić information content (AvgIpc) is 3.13. The first-order valence-electron chi connectivity index (χ1n) is 10.1. The van der Waals surface area contributed by atoms with Crippen LogP contribution in [-0.2, 0) is 4.79 Å². The van der Waals surface area contributed by atoms with Gasteiger partial charge in [-0.2, -0.15) is 0 Å². The molecule has 2 aliphatic rings. The van der Waals surface area contributed by atoms with Crippen molar-refractivity contribution in [1.29, 1.82) is 0 Å². The number of amides is 2. The molecule has 0 aromatic heterocycles. The Morgan fingerprint density at radius 1 is 1.22 bits per heavy atom. The third kappa shape index (κ3) is 5.08. The molecular weight excluding hydrogens is 340 g/mol. The Morgan fingerprint density at radius 3 is 2.63 bits per heavy atom. The summed E-state index contributed by atoms with van der Waals surface area (Å²) >= 11 is 0. The number of carbonyl (C=O) groups excluding carboxylic acids is 2. The van der Waals surface area contributed by atoms with Gasteiger partial charge < -0.3 is 15.5 Å². The monoisotopic (exact) mass is 372 g/mol. The number of carbonyl (C=O) groups is 2. The van der Waals surface area contributed by atoms with Gasteiger partial charge >= 0.3 is 0 Å². The summed E-state index contributed by atoms with van der Waals surface area (Å²) in [5.41, 5.74) is 2.42. The maximum Gasteiger partial charge on any atom is 0.253 e. The summed E-state index contributed by atoms with van der Waals surface area (Å²) in [5.74, 6) is 0.436. The van der Waals surface area contributed by atoms with E-state index in [1.807, 2.05) is 43.9 Å². The van der Waals surface area contributed by atoms with E-state index in [0.29, 0.717) is 23.9 Å². The normalized spacial score (nSPS) is 20.9. The van der Waals surface area contributed by atoms with Crippen molar-refractivity contribution in [3.63, 3.8) is 0 Å². The fourth-order valence-corrected chi connectivity index (χ4v) is 3.96. The summed E-state index contributed by atoms with van der Waals surface area (Å²) in [6.45, 7) is 11.8. The van der Waals surface area contributed by atoms with Crippen LogP contribution < -0.4 is 10.6 Å². The van der Waals surface area contributed by atoms with Gasteiger partial charge in [0, 0.05) is 63.0 Å². The van der Waals surface area contributed by atoms with Crippen molar-refractivity contribution in [3.8, 4) is 0 Å². The second-order valence-corrected chi connectivity index (χ2v) is 8.16. The van der Waals surface area contributed by atoms with Crippen LogP contribution in [0.1, 0.15) is 42.6 Å². The number of nitrogens with zero attached hydrogens (tertiary/aromatic N) is 2. The zero-order chi connectivity index (χ0) is 19.4. The highest BCUT2D eigenvalue weighted by atomic mass is 16.2. The van der Waals surface area contributed by atoms with Crippen LogP contribution in [-0.4, -0.2) is 66.9 Å². The topological polar surface area (TPSA) is 64.7 Å². The summed E-state index contributed by atoms with van der Waals surface area (Å²) in [7, 11) is 0. The minimum atomic E-state index is 0.0191. The van der Waals surface area contributed by atoms with E-state index in [9.17, 15) is 9.59 Å². The SMILES string of the molecule is Cc1cc(C(=O)N2CCC(N3CCNCC3)C2)ccc1NC(=O)CC(C)C. The van der Waals surface area contributed by atoms with E-state index in [0.717, 1.165) is 56.9 Å². The van der Waals surface area contributed by atoms with Gasteiger partial charge in [-0.3, -0.25) is 14.5 Å². The molecule has 1 aromatic rings. The molecule has 0 radical (unpaired) electrons. The molecule has 148 valence electrons. The predicted molar refractivity (Wildman–Crippen MR) is 108 cm³/mol. The highest BCUT2D eigenvalue weighted by Gasteiger charge is 2.31. The molecule has 2 N–H and O–H groups in total. The number of hydrogen-bond acceptors (Lipinski definition) is 4. The second-order valence-electron chi connectivity index (χ2n) is 8.16. The van der Waals surface area contributed by atoms with Crippen LogP contribution in [0.2, 0.25) is 0 Å². The van der Waals surface area contributed by atoms with Crippen molar-refractivity contribution in [3.05, 3.63) is 29.3 Å². The maximum atomic E-state index is 12.9. The molecule has 27 heavy (non-hydrogen) atoms. The number of piperazine rings is 1. The number of rotatable bonds is 5. The van der Waals surface area contributed by atoms with Gasteiger partial charge in [-0.25, -0.2) is 0 Å². The lowest BCUT2D eigenvalue weighted by Crippen LogP contribution is -2.49. The van der Waals surface area contributed by atoms with Gasteiger partial charge in [-0.15, -0.1) is 0 Å². The van der Waals surface area contributed by atoms with Gasteiger partial charge in [-0.05, 0) is 43.0 Å². The van der Waals surface area contributed by atoms with E-state index < -0.39 is 0 Å². The molecule has 0 aliphatic carbocycles. The second kappa shape index (κ2) is 8.85. The van der Waals surface area contributed by atoms with Crippen LogP contribution in [0.15, 0.2) is 18.2 Å². The average molecular weight is 373 g/mol. The molecule has 6 nitrogen and oxygen atoms in total. The molecule has 1 atom stereocenters. The van der Waals surface area contributed by atoms with Crippen LogP contribution in [0.25, 0.3) is 0 Å². The maximum absolute atomic E-state index is 12.9. The minimum absolute atomic E-state index is 0.0191. The molecule has 3 rings (SSSR count). The number of nitrogens with one attached hydrogen (secondary N) is 2. The minimum Gasteiger partial charge on any atom is -0.337 e. The van der Waals surface area contributed by atoms with E-state index in [2.05, 4.69) is 15.5 Å². The standard InChI is InChI=1S/C21H32N4O2/c1-15(2)12-20(26)23-19-5-4-17(13-16(19)3)21(27)25-9-6-18(14-25)24-10-7-22-8-11-24/h4-5,13,15,18,22H,6-12,14H2,1-3H3,(H,23,26). The zero-order valence-corrected chi connectivity index (χ0v) is 16.8. The van der Waals surface area contributed by atoms with E-state index in [-0.39, 0.29) is 11.8 Å². The van der Waals surface area contributed by atoms with Crippen molar-refractivity contribution in [2.45, 2.75) is 39.7 Å². The van der Waals surface area contributed by atoms with Crippen LogP contribution in [0.4, 0.5) is 5.69 Å². The number of hydrogen-bond donors (Lipinski definition) is 2. The Kier molecular flexibility index (Phi) is 6.50. The lowest BCUT2D eigenvalue weighted by atomic mass is 10.1. The first-order chi connectivity index (χ1) is 12.9. The van der Waals surface area contributed by atoms with Crippen LogP contribution in [0, 0.1) is 12.8 Å². The van der Waals surface area contributed by atoms with Crippen molar-refractivity contribution in [2.24, 2.45) is 5.92 Å². The van der Waals surface area contributed by atoms with E-state index in [4.69, 9.17) is 0 Å². The number of aryl methyl sites for hydroxylation is 1. The Bertz CT molecular complexity index is 683. The van der Waals surface area contributed by atoms with Gasteiger partial charge in [0.1, 0.15) is 0 Å². The zero-order valence-electron chi connectivity index (χ0n) is 16.8. The third-order valence-corrected chi connectivity index (χ3v) is 5.46. The summed E-state index contributed by atoms with van der Waals surface area (Å²) in [4.78, 5) is 29.4. The van der Waals surface area contributed by atoms with Crippen molar-refractivity contribution >= 4 is 17.5 Å². The summed E-state index contributed by atoms with van der Waals surface area (Å²) in [6, 6.07) is 6.06. The summed E-state index contributed by atoms with van der Waals surface area (Å²) < 4.78 is 0. The van der Waals surface area contributed by atoms with Crippen LogP contribution in [0.5, 0.6) is 0 Å². The molecule has 6 heteroatoms.